The van der Waals surface area contributed by atoms with Crippen LogP contribution >= 0.6 is 0 Å². The minimum Gasteiger partial charge on any atom is -0.366 e. The first kappa shape index (κ1) is 11.2. The second-order valence-corrected chi connectivity index (χ2v) is 1.99. The normalized spacial score (nSPS) is 8.54. The molecule has 1 rings (SSSR count). The standard InChI is InChI=1S/C5H7N3O.CF2O/c1-8-3-4(2-7-8)5(6)9;2-1(3)4/h2-3H,1H3,(H2,6,9);. The number of nitrogens with two attached hydrogens (primary N) is 1. The van der Waals surface area contributed by atoms with Gasteiger partial charge in [-0.05, 0) is 0 Å². The van der Waals surface area contributed by atoms with Crippen LogP contribution in [0.2, 0.25) is 0 Å². The van der Waals surface area contributed by atoms with Crippen LogP contribution in [0.4, 0.5) is 13.6 Å². The van der Waals surface area contributed by atoms with Gasteiger partial charge in [0, 0.05) is 13.2 Å². The van der Waals surface area contributed by atoms with Crippen LogP contribution in [-0.4, -0.2) is 22.0 Å². The van der Waals surface area contributed by atoms with Crippen molar-refractivity contribution < 1.29 is 18.4 Å². The lowest BCUT2D eigenvalue weighted by Crippen LogP contribution is -2.09. The molecule has 0 aromatic carbocycles. The fourth-order valence-electron chi connectivity index (χ4n) is 0.548. The number of amides is 1. The number of carbonyl (C=O) groups excluding carboxylic acids is 2. The van der Waals surface area contributed by atoms with Crippen LogP contribution in [0.15, 0.2) is 12.4 Å². The summed E-state index contributed by atoms with van der Waals surface area (Å²) in [4.78, 5) is 18.5. The molecule has 0 aliphatic heterocycles. The molecule has 0 unspecified atom stereocenters. The van der Waals surface area contributed by atoms with E-state index in [9.17, 15) is 13.6 Å². The van der Waals surface area contributed by atoms with Crippen molar-refractivity contribution in [3.8, 4) is 0 Å². The summed E-state index contributed by atoms with van der Waals surface area (Å²) < 4.78 is 20.9. The van der Waals surface area contributed by atoms with E-state index in [4.69, 9.17) is 10.5 Å². The first-order chi connectivity index (χ1) is 5.93. The third-order valence-electron chi connectivity index (χ3n) is 0.989. The average molecular weight is 191 g/mol. The van der Waals surface area contributed by atoms with Crippen molar-refractivity contribution in [3.63, 3.8) is 0 Å². The molecule has 0 saturated carbocycles. The molecule has 5 nitrogen and oxygen atoms in total. The van der Waals surface area contributed by atoms with E-state index in [0.717, 1.165) is 0 Å². The molecule has 1 amide bonds. The molecule has 72 valence electrons. The maximum atomic E-state index is 10.4. The summed E-state index contributed by atoms with van der Waals surface area (Å²) in [7, 11) is 1.73. The lowest BCUT2D eigenvalue weighted by molar-refractivity contribution is 0.1000. The Bertz CT molecular complexity index is 307. The SMILES string of the molecule is Cn1cc(C(N)=O)cn1.O=C(F)F. The van der Waals surface area contributed by atoms with Gasteiger partial charge in [0.2, 0.25) is 0 Å². The second kappa shape index (κ2) is 4.96. The van der Waals surface area contributed by atoms with Crippen LogP contribution in [0, 0.1) is 0 Å². The highest BCUT2D eigenvalue weighted by Crippen LogP contribution is 1.91. The van der Waals surface area contributed by atoms with E-state index < -0.39 is 12.2 Å². The van der Waals surface area contributed by atoms with E-state index in [-0.39, 0.29) is 0 Å². The number of primary amides is 1. The van der Waals surface area contributed by atoms with Crippen LogP contribution in [0.5, 0.6) is 0 Å². The lowest BCUT2D eigenvalue weighted by atomic mass is 10.4. The molecule has 1 aromatic rings. The summed E-state index contributed by atoms with van der Waals surface area (Å²) in [6.07, 6.45) is 0.171. The van der Waals surface area contributed by atoms with Crippen LogP contribution in [0.25, 0.3) is 0 Å². The van der Waals surface area contributed by atoms with Gasteiger partial charge in [-0.3, -0.25) is 9.48 Å². The molecule has 0 spiro atoms. The van der Waals surface area contributed by atoms with E-state index in [1.165, 1.54) is 10.9 Å². The zero-order valence-electron chi connectivity index (χ0n) is 6.70. The Morgan fingerprint density at radius 3 is 2.15 bits per heavy atom. The van der Waals surface area contributed by atoms with Gasteiger partial charge in [-0.2, -0.15) is 5.10 Å². The highest BCUT2D eigenvalue weighted by Gasteiger charge is 1.99. The monoisotopic (exact) mass is 191 g/mol. The van der Waals surface area contributed by atoms with Gasteiger partial charge < -0.3 is 5.73 Å². The quantitative estimate of drug-likeness (QED) is 0.659. The average Bonchev–Trinajstić information content (AvgIpc) is 2.34. The molecule has 1 heterocycles. The zero-order chi connectivity index (χ0) is 10.4. The lowest BCUT2D eigenvalue weighted by Gasteiger charge is -1.82. The largest absolute Gasteiger partial charge is 0.483 e. The van der Waals surface area contributed by atoms with Crippen LogP contribution in [0.1, 0.15) is 10.4 Å². The molecule has 7 heteroatoms. The summed E-state index contributed by atoms with van der Waals surface area (Å²) >= 11 is 0. The Morgan fingerprint density at radius 1 is 1.54 bits per heavy atom. The van der Waals surface area contributed by atoms with Crippen molar-refractivity contribution in [1.82, 2.24) is 9.78 Å². The maximum Gasteiger partial charge on any atom is 0.483 e. The van der Waals surface area contributed by atoms with Crippen molar-refractivity contribution in [2.24, 2.45) is 12.8 Å². The number of hydrogen-bond acceptors (Lipinski definition) is 3. The summed E-state index contributed by atoms with van der Waals surface area (Å²) in [5.74, 6) is -0.442. The predicted octanol–water partition coefficient (Wildman–Crippen LogP) is 0.564. The van der Waals surface area contributed by atoms with Gasteiger partial charge in [0.05, 0.1) is 11.8 Å². The van der Waals surface area contributed by atoms with E-state index in [1.807, 2.05) is 0 Å². The predicted molar refractivity (Wildman–Crippen MR) is 39.3 cm³/mol. The molecule has 13 heavy (non-hydrogen) atoms. The third kappa shape index (κ3) is 5.48. The number of carbonyl (C=O) groups is 2. The Morgan fingerprint density at radius 2 is 2.00 bits per heavy atom. The van der Waals surface area contributed by atoms with E-state index in [1.54, 1.807) is 13.2 Å². The number of halogens is 2. The molecule has 0 radical (unpaired) electrons. The molecule has 0 bridgehead atoms. The minimum atomic E-state index is -2.83. The summed E-state index contributed by atoms with van der Waals surface area (Å²) in [6, 6.07) is 0. The zero-order valence-corrected chi connectivity index (χ0v) is 6.70. The number of hydrogen-bond donors (Lipinski definition) is 1. The van der Waals surface area contributed by atoms with E-state index in [0.29, 0.717) is 5.56 Å². The van der Waals surface area contributed by atoms with Crippen LogP contribution in [-0.2, 0) is 7.05 Å². The fraction of sp³-hybridized carbons (Fsp3) is 0.167. The van der Waals surface area contributed by atoms with Gasteiger partial charge in [-0.1, -0.05) is 0 Å². The number of aromatic nitrogens is 2. The molecule has 2 N–H and O–H groups in total. The van der Waals surface area contributed by atoms with Crippen molar-refractivity contribution in [3.05, 3.63) is 18.0 Å². The smallest absolute Gasteiger partial charge is 0.366 e. The Labute approximate surface area is 72.1 Å². The van der Waals surface area contributed by atoms with E-state index >= 15 is 0 Å². The number of nitrogens with zero attached hydrogens (tertiary/aromatic N) is 2. The topological polar surface area (TPSA) is 78.0 Å². The van der Waals surface area contributed by atoms with Gasteiger partial charge >= 0.3 is 6.29 Å². The molecule has 0 aliphatic carbocycles. The Hall–Kier alpha value is -1.79. The van der Waals surface area contributed by atoms with Gasteiger partial charge in [0.1, 0.15) is 0 Å². The first-order valence-corrected chi connectivity index (χ1v) is 3.07. The summed E-state index contributed by atoms with van der Waals surface area (Å²) in [5, 5.41) is 3.75. The van der Waals surface area contributed by atoms with Gasteiger partial charge in [-0.25, -0.2) is 4.79 Å². The van der Waals surface area contributed by atoms with Crippen molar-refractivity contribution in [2.45, 2.75) is 0 Å². The summed E-state index contributed by atoms with van der Waals surface area (Å²) in [6.45, 7) is 0. The van der Waals surface area contributed by atoms with Crippen molar-refractivity contribution in [1.29, 1.82) is 0 Å². The van der Waals surface area contributed by atoms with Gasteiger partial charge in [0.25, 0.3) is 5.91 Å². The molecule has 0 atom stereocenters. The molecule has 1 aromatic heterocycles. The van der Waals surface area contributed by atoms with Crippen LogP contribution < -0.4 is 5.73 Å². The van der Waals surface area contributed by atoms with E-state index in [2.05, 4.69) is 5.10 Å². The second-order valence-electron chi connectivity index (χ2n) is 1.99. The molecule has 0 saturated heterocycles. The molecule has 0 aliphatic rings. The highest BCUT2D eigenvalue weighted by atomic mass is 19.3. The molecule has 0 fully saturated rings. The molecular formula is C6H7F2N3O2. The summed E-state index contributed by atoms with van der Waals surface area (Å²) in [5.41, 5.74) is 5.38. The van der Waals surface area contributed by atoms with Gasteiger partial charge in [-0.15, -0.1) is 8.78 Å². The third-order valence-corrected chi connectivity index (χ3v) is 0.989. The number of rotatable bonds is 1. The Balaban J connectivity index is 0.000000310. The number of aryl methyl sites for hydroxylation is 1. The van der Waals surface area contributed by atoms with Crippen molar-refractivity contribution in [2.75, 3.05) is 0 Å². The van der Waals surface area contributed by atoms with Crippen molar-refractivity contribution >= 4 is 12.2 Å². The fourth-order valence-corrected chi connectivity index (χ4v) is 0.548. The highest BCUT2D eigenvalue weighted by molar-refractivity contribution is 5.92. The maximum absolute atomic E-state index is 10.4. The van der Waals surface area contributed by atoms with Crippen LogP contribution in [0.3, 0.4) is 0 Å². The first-order valence-electron chi connectivity index (χ1n) is 3.07. The Kier molecular flexibility index (Phi) is 4.28. The molecular weight excluding hydrogens is 184 g/mol. The van der Waals surface area contributed by atoms with Gasteiger partial charge in [0.15, 0.2) is 0 Å². The minimum absolute atomic E-state index is 0.442.